The molecule has 0 spiro atoms. The molecular weight excluding hydrogens is 300 g/mol. The van der Waals surface area contributed by atoms with E-state index in [-0.39, 0.29) is 11.9 Å². The van der Waals surface area contributed by atoms with E-state index < -0.39 is 0 Å². The first-order valence-corrected chi connectivity index (χ1v) is 8.22. The summed E-state index contributed by atoms with van der Waals surface area (Å²) in [5, 5.41) is 4.25. The number of aryl methyl sites for hydroxylation is 2. The average molecular weight is 322 g/mol. The quantitative estimate of drug-likeness (QED) is 0.759. The number of hydrogen-bond donors (Lipinski definition) is 1. The van der Waals surface area contributed by atoms with E-state index in [2.05, 4.69) is 45.0 Å². The van der Waals surface area contributed by atoms with Crippen LogP contribution in [0.3, 0.4) is 0 Å². The van der Waals surface area contributed by atoms with Crippen LogP contribution in [0.4, 0.5) is 0 Å². The lowest BCUT2D eigenvalue weighted by molar-refractivity contribution is -0.121. The molecule has 5 nitrogen and oxygen atoms in total. The lowest BCUT2D eigenvalue weighted by Gasteiger charge is -2.14. The van der Waals surface area contributed by atoms with Crippen molar-refractivity contribution in [2.24, 2.45) is 0 Å². The highest BCUT2D eigenvalue weighted by Gasteiger charge is 2.11. The lowest BCUT2D eigenvalue weighted by atomic mass is 10.2. The Labute approximate surface area is 141 Å². The zero-order chi connectivity index (χ0) is 16.9. The molecular formula is C19H22N4O. The van der Waals surface area contributed by atoms with Gasteiger partial charge in [-0.1, -0.05) is 18.2 Å². The maximum atomic E-state index is 12.2. The number of fused-ring (bicyclic) bond motifs is 1. The van der Waals surface area contributed by atoms with E-state index in [0.29, 0.717) is 19.4 Å². The van der Waals surface area contributed by atoms with E-state index in [1.807, 2.05) is 19.1 Å². The number of nitrogens with zero attached hydrogens (tertiary/aromatic N) is 3. The largest absolute Gasteiger partial charge is 0.353 e. The highest BCUT2D eigenvalue weighted by atomic mass is 16.1. The van der Waals surface area contributed by atoms with Gasteiger partial charge in [-0.05, 0) is 31.4 Å². The van der Waals surface area contributed by atoms with Crippen molar-refractivity contribution in [3.8, 4) is 0 Å². The van der Waals surface area contributed by atoms with Crippen molar-refractivity contribution in [1.29, 1.82) is 0 Å². The second-order valence-corrected chi connectivity index (χ2v) is 6.12. The van der Waals surface area contributed by atoms with Crippen LogP contribution in [0.25, 0.3) is 10.9 Å². The first-order chi connectivity index (χ1) is 11.6. The van der Waals surface area contributed by atoms with Crippen LogP contribution in [0, 0.1) is 6.92 Å². The van der Waals surface area contributed by atoms with E-state index in [1.165, 1.54) is 16.6 Å². The van der Waals surface area contributed by atoms with Gasteiger partial charge in [0.05, 0.1) is 5.69 Å². The maximum absolute atomic E-state index is 12.2. The molecule has 0 aliphatic heterocycles. The van der Waals surface area contributed by atoms with Crippen LogP contribution in [0.15, 0.2) is 48.9 Å². The van der Waals surface area contributed by atoms with Gasteiger partial charge in [0.25, 0.3) is 0 Å². The van der Waals surface area contributed by atoms with E-state index in [1.54, 1.807) is 18.6 Å². The first kappa shape index (κ1) is 16.2. The van der Waals surface area contributed by atoms with Gasteiger partial charge in [0, 0.05) is 55.2 Å². The van der Waals surface area contributed by atoms with Crippen molar-refractivity contribution >= 4 is 16.8 Å². The number of para-hydroxylation sites is 1. The van der Waals surface area contributed by atoms with Gasteiger partial charge in [0.1, 0.15) is 0 Å². The number of amides is 1. The Morgan fingerprint density at radius 1 is 1.29 bits per heavy atom. The number of hydrogen-bond acceptors (Lipinski definition) is 3. The molecule has 3 rings (SSSR count). The Bertz CT molecular complexity index is 826. The van der Waals surface area contributed by atoms with Crippen molar-refractivity contribution in [2.75, 3.05) is 0 Å². The van der Waals surface area contributed by atoms with E-state index in [9.17, 15) is 4.79 Å². The van der Waals surface area contributed by atoms with E-state index >= 15 is 0 Å². The van der Waals surface area contributed by atoms with Crippen LogP contribution in [0.1, 0.15) is 24.7 Å². The van der Waals surface area contributed by atoms with Gasteiger partial charge in [0.2, 0.25) is 5.91 Å². The summed E-state index contributed by atoms with van der Waals surface area (Å²) in [6.45, 7) is 4.75. The monoisotopic (exact) mass is 322 g/mol. The number of benzene rings is 1. The van der Waals surface area contributed by atoms with Crippen LogP contribution in [-0.4, -0.2) is 26.5 Å². The molecule has 1 unspecified atom stereocenters. The molecule has 1 N–H and O–H groups in total. The lowest BCUT2D eigenvalue weighted by Crippen LogP contribution is -2.34. The van der Waals surface area contributed by atoms with E-state index in [4.69, 9.17) is 0 Å². The van der Waals surface area contributed by atoms with Crippen LogP contribution in [0.2, 0.25) is 0 Å². The topological polar surface area (TPSA) is 59.8 Å². The SMILES string of the molecule is Cc1cc2ccccc2n1CCC(=O)NC(C)Cc1cnccn1. The summed E-state index contributed by atoms with van der Waals surface area (Å²) in [5.41, 5.74) is 3.24. The summed E-state index contributed by atoms with van der Waals surface area (Å²) in [4.78, 5) is 20.5. The summed E-state index contributed by atoms with van der Waals surface area (Å²) < 4.78 is 2.20. The minimum absolute atomic E-state index is 0.0386. The molecule has 5 heteroatoms. The Morgan fingerprint density at radius 2 is 2.12 bits per heavy atom. The molecule has 0 radical (unpaired) electrons. The van der Waals surface area contributed by atoms with Crippen molar-refractivity contribution in [2.45, 2.75) is 39.3 Å². The van der Waals surface area contributed by atoms with Gasteiger partial charge >= 0.3 is 0 Å². The molecule has 2 aromatic heterocycles. The molecule has 2 heterocycles. The number of carbonyl (C=O) groups is 1. The second-order valence-electron chi connectivity index (χ2n) is 6.12. The van der Waals surface area contributed by atoms with Gasteiger partial charge in [0.15, 0.2) is 0 Å². The Kier molecular flexibility index (Phi) is 4.89. The normalized spacial score (nSPS) is 12.2. The minimum atomic E-state index is 0.0386. The fraction of sp³-hybridized carbons (Fsp3) is 0.316. The maximum Gasteiger partial charge on any atom is 0.222 e. The zero-order valence-corrected chi connectivity index (χ0v) is 14.1. The fourth-order valence-electron chi connectivity index (χ4n) is 3.01. The molecule has 0 fully saturated rings. The van der Waals surface area contributed by atoms with Crippen molar-refractivity contribution < 1.29 is 4.79 Å². The number of nitrogens with one attached hydrogen (secondary N) is 1. The second kappa shape index (κ2) is 7.25. The first-order valence-electron chi connectivity index (χ1n) is 8.22. The summed E-state index contributed by atoms with van der Waals surface area (Å²) in [6.07, 6.45) is 6.20. The Morgan fingerprint density at radius 3 is 2.92 bits per heavy atom. The van der Waals surface area contributed by atoms with Gasteiger partial charge in [-0.2, -0.15) is 0 Å². The Balaban J connectivity index is 1.56. The predicted octanol–water partition coefficient (Wildman–Crippen LogP) is 2.88. The highest BCUT2D eigenvalue weighted by molar-refractivity contribution is 5.81. The van der Waals surface area contributed by atoms with Gasteiger partial charge in [-0.25, -0.2) is 0 Å². The molecule has 1 atom stereocenters. The van der Waals surface area contributed by atoms with Crippen LogP contribution in [-0.2, 0) is 17.8 Å². The molecule has 1 aromatic carbocycles. The minimum Gasteiger partial charge on any atom is -0.353 e. The van der Waals surface area contributed by atoms with Gasteiger partial charge < -0.3 is 9.88 Å². The van der Waals surface area contributed by atoms with Crippen LogP contribution < -0.4 is 5.32 Å². The van der Waals surface area contributed by atoms with Crippen molar-refractivity contribution in [1.82, 2.24) is 19.9 Å². The molecule has 124 valence electrons. The highest BCUT2D eigenvalue weighted by Crippen LogP contribution is 2.19. The van der Waals surface area contributed by atoms with Crippen LogP contribution in [0.5, 0.6) is 0 Å². The summed E-state index contributed by atoms with van der Waals surface area (Å²) in [5.74, 6) is 0.0589. The standard InChI is InChI=1S/C19H22N4O/c1-14(11-17-13-20-8-9-21-17)22-19(24)7-10-23-15(2)12-16-5-3-4-6-18(16)23/h3-6,8-9,12-14H,7,10-11H2,1-2H3,(H,22,24). The molecule has 0 aliphatic carbocycles. The third-order valence-electron chi connectivity index (χ3n) is 4.12. The van der Waals surface area contributed by atoms with Crippen molar-refractivity contribution in [3.63, 3.8) is 0 Å². The molecule has 0 saturated heterocycles. The van der Waals surface area contributed by atoms with Crippen LogP contribution >= 0.6 is 0 Å². The molecule has 24 heavy (non-hydrogen) atoms. The number of aromatic nitrogens is 3. The van der Waals surface area contributed by atoms with Gasteiger partial charge in [-0.3, -0.25) is 14.8 Å². The van der Waals surface area contributed by atoms with Gasteiger partial charge in [-0.15, -0.1) is 0 Å². The Hall–Kier alpha value is -2.69. The number of carbonyl (C=O) groups excluding carboxylic acids is 1. The smallest absolute Gasteiger partial charge is 0.222 e. The third kappa shape index (κ3) is 3.79. The summed E-state index contributed by atoms with van der Waals surface area (Å²) in [6, 6.07) is 10.5. The molecule has 0 aliphatic rings. The molecule has 1 amide bonds. The number of rotatable bonds is 6. The fourth-order valence-corrected chi connectivity index (χ4v) is 3.01. The molecule has 3 aromatic rings. The molecule has 0 bridgehead atoms. The summed E-state index contributed by atoms with van der Waals surface area (Å²) >= 11 is 0. The molecule has 0 saturated carbocycles. The third-order valence-corrected chi connectivity index (χ3v) is 4.12. The van der Waals surface area contributed by atoms with Crippen molar-refractivity contribution in [3.05, 3.63) is 60.3 Å². The predicted molar refractivity (Wildman–Crippen MR) is 94.6 cm³/mol. The average Bonchev–Trinajstić information content (AvgIpc) is 2.89. The zero-order valence-electron chi connectivity index (χ0n) is 14.1. The summed E-state index contributed by atoms with van der Waals surface area (Å²) in [7, 11) is 0. The van der Waals surface area contributed by atoms with E-state index in [0.717, 1.165) is 5.69 Å².